The van der Waals surface area contributed by atoms with Crippen molar-refractivity contribution in [3.05, 3.63) is 34.9 Å². The molecule has 1 heterocycles. The van der Waals surface area contributed by atoms with Gasteiger partial charge in [-0.05, 0) is 18.2 Å². The number of halogens is 1. The van der Waals surface area contributed by atoms with Crippen molar-refractivity contribution in [2.75, 3.05) is 7.11 Å². The summed E-state index contributed by atoms with van der Waals surface area (Å²) in [5.74, 6) is -0.589. The van der Waals surface area contributed by atoms with Gasteiger partial charge >= 0.3 is 5.97 Å². The van der Waals surface area contributed by atoms with Crippen molar-refractivity contribution in [1.82, 2.24) is 4.98 Å². The number of nitrogens with zero attached hydrogens (tertiary/aromatic N) is 1. The number of carboxylic acids is 1. The molecule has 1 aromatic heterocycles. The van der Waals surface area contributed by atoms with Gasteiger partial charge in [0, 0.05) is 11.5 Å². The second kappa shape index (κ2) is 3.98. The SMILES string of the molecule is COc1ccc2c(Cl)c(C(=O)O)ccc2n1. The highest BCUT2D eigenvalue weighted by atomic mass is 35.5. The summed E-state index contributed by atoms with van der Waals surface area (Å²) in [5, 5.41) is 9.69. The van der Waals surface area contributed by atoms with Gasteiger partial charge in [0.05, 0.1) is 23.2 Å². The molecule has 0 amide bonds. The van der Waals surface area contributed by atoms with Crippen LogP contribution in [0.25, 0.3) is 10.9 Å². The van der Waals surface area contributed by atoms with Gasteiger partial charge in [-0.3, -0.25) is 0 Å². The predicted molar refractivity (Wildman–Crippen MR) is 60.3 cm³/mol. The first-order valence-electron chi connectivity index (χ1n) is 4.50. The van der Waals surface area contributed by atoms with E-state index in [-0.39, 0.29) is 10.6 Å². The molecule has 0 atom stereocenters. The van der Waals surface area contributed by atoms with Gasteiger partial charge in [-0.2, -0.15) is 0 Å². The third-order valence-corrected chi connectivity index (χ3v) is 2.63. The van der Waals surface area contributed by atoms with Crippen LogP contribution in [-0.4, -0.2) is 23.2 Å². The number of carbonyl (C=O) groups is 1. The molecule has 0 saturated heterocycles. The molecule has 1 aromatic carbocycles. The van der Waals surface area contributed by atoms with Crippen molar-refractivity contribution in [3.8, 4) is 5.88 Å². The number of hydrogen-bond acceptors (Lipinski definition) is 3. The summed E-state index contributed by atoms with van der Waals surface area (Å²) in [4.78, 5) is 15.0. The molecule has 0 unspecified atom stereocenters. The largest absolute Gasteiger partial charge is 0.481 e. The lowest BCUT2D eigenvalue weighted by Crippen LogP contribution is -1.98. The van der Waals surface area contributed by atoms with Gasteiger partial charge in [-0.1, -0.05) is 11.6 Å². The van der Waals surface area contributed by atoms with Crippen LogP contribution in [0.4, 0.5) is 0 Å². The second-order valence-electron chi connectivity index (χ2n) is 3.15. The molecule has 0 radical (unpaired) electrons. The maximum absolute atomic E-state index is 10.9. The summed E-state index contributed by atoms with van der Waals surface area (Å²) < 4.78 is 4.97. The Balaban J connectivity index is 2.71. The first kappa shape index (κ1) is 10.7. The zero-order chi connectivity index (χ0) is 11.7. The molecule has 0 spiro atoms. The Bertz CT molecular complexity index is 568. The molecule has 0 fully saturated rings. The van der Waals surface area contributed by atoms with E-state index >= 15 is 0 Å². The van der Waals surface area contributed by atoms with Gasteiger partial charge in [0.1, 0.15) is 0 Å². The van der Waals surface area contributed by atoms with E-state index < -0.39 is 5.97 Å². The minimum Gasteiger partial charge on any atom is -0.481 e. The second-order valence-corrected chi connectivity index (χ2v) is 3.53. The summed E-state index contributed by atoms with van der Waals surface area (Å²) in [6.07, 6.45) is 0. The number of rotatable bonds is 2. The monoisotopic (exact) mass is 237 g/mol. The average Bonchev–Trinajstić information content (AvgIpc) is 2.28. The molecule has 0 saturated carbocycles. The number of hydrogen-bond donors (Lipinski definition) is 1. The van der Waals surface area contributed by atoms with E-state index in [2.05, 4.69) is 4.98 Å². The summed E-state index contributed by atoms with van der Waals surface area (Å²) in [7, 11) is 1.52. The zero-order valence-corrected chi connectivity index (χ0v) is 9.15. The van der Waals surface area contributed by atoms with E-state index in [4.69, 9.17) is 21.4 Å². The van der Waals surface area contributed by atoms with Crippen LogP contribution in [-0.2, 0) is 0 Å². The molecule has 0 aliphatic rings. The normalized spacial score (nSPS) is 10.4. The first-order valence-corrected chi connectivity index (χ1v) is 4.88. The maximum Gasteiger partial charge on any atom is 0.337 e. The third kappa shape index (κ3) is 1.67. The summed E-state index contributed by atoms with van der Waals surface area (Å²) in [5.41, 5.74) is 0.676. The minimum absolute atomic E-state index is 0.0705. The van der Waals surface area contributed by atoms with Gasteiger partial charge in [-0.15, -0.1) is 0 Å². The number of benzene rings is 1. The average molecular weight is 238 g/mol. The Morgan fingerprint density at radius 2 is 2.12 bits per heavy atom. The Kier molecular flexibility index (Phi) is 2.66. The van der Waals surface area contributed by atoms with Crippen molar-refractivity contribution in [2.24, 2.45) is 0 Å². The number of pyridine rings is 1. The topological polar surface area (TPSA) is 59.4 Å². The lowest BCUT2D eigenvalue weighted by molar-refractivity contribution is 0.0697. The van der Waals surface area contributed by atoms with Gasteiger partial charge in [0.2, 0.25) is 5.88 Å². The smallest absolute Gasteiger partial charge is 0.337 e. The van der Waals surface area contributed by atoms with Crippen molar-refractivity contribution < 1.29 is 14.6 Å². The quantitative estimate of drug-likeness (QED) is 0.872. The predicted octanol–water partition coefficient (Wildman–Crippen LogP) is 2.60. The number of methoxy groups -OCH3 is 1. The number of fused-ring (bicyclic) bond motifs is 1. The van der Waals surface area contributed by atoms with E-state index in [0.29, 0.717) is 16.8 Å². The van der Waals surface area contributed by atoms with Crippen molar-refractivity contribution >= 4 is 28.5 Å². The van der Waals surface area contributed by atoms with Crippen LogP contribution in [0.2, 0.25) is 5.02 Å². The van der Waals surface area contributed by atoms with E-state index in [1.54, 1.807) is 18.2 Å². The van der Waals surface area contributed by atoms with Crippen LogP contribution >= 0.6 is 11.6 Å². The lowest BCUT2D eigenvalue weighted by atomic mass is 10.1. The number of aromatic nitrogens is 1. The Hall–Kier alpha value is -1.81. The fourth-order valence-electron chi connectivity index (χ4n) is 1.43. The highest BCUT2D eigenvalue weighted by Crippen LogP contribution is 2.27. The highest BCUT2D eigenvalue weighted by Gasteiger charge is 2.12. The molecular weight excluding hydrogens is 230 g/mol. The minimum atomic E-state index is -1.05. The number of carboxylic acid groups (broad SMARTS) is 1. The van der Waals surface area contributed by atoms with Crippen LogP contribution in [0.3, 0.4) is 0 Å². The van der Waals surface area contributed by atoms with E-state index in [0.717, 1.165) is 0 Å². The van der Waals surface area contributed by atoms with Crippen molar-refractivity contribution in [2.45, 2.75) is 0 Å². The number of ether oxygens (including phenoxy) is 1. The molecule has 5 heteroatoms. The molecular formula is C11H8ClNO3. The third-order valence-electron chi connectivity index (χ3n) is 2.22. The lowest BCUT2D eigenvalue weighted by Gasteiger charge is -2.05. The van der Waals surface area contributed by atoms with E-state index in [9.17, 15) is 4.79 Å². The van der Waals surface area contributed by atoms with Gasteiger partial charge < -0.3 is 9.84 Å². The van der Waals surface area contributed by atoms with Gasteiger partial charge in [0.15, 0.2) is 0 Å². The van der Waals surface area contributed by atoms with Gasteiger partial charge in [0.25, 0.3) is 0 Å². The Labute approximate surface area is 96.4 Å². The molecule has 0 aliphatic carbocycles. The molecule has 0 bridgehead atoms. The molecule has 0 aliphatic heterocycles. The van der Waals surface area contributed by atoms with E-state index in [1.807, 2.05) is 0 Å². The molecule has 1 N–H and O–H groups in total. The molecule has 2 aromatic rings. The van der Waals surface area contributed by atoms with Crippen LogP contribution in [0, 0.1) is 0 Å². The standard InChI is InChI=1S/C11H8ClNO3/c1-16-9-5-3-6-8(13-9)4-2-7(10(6)12)11(14)15/h2-5H,1H3,(H,14,15). The molecule has 82 valence electrons. The molecule has 16 heavy (non-hydrogen) atoms. The Morgan fingerprint density at radius 3 is 2.75 bits per heavy atom. The summed E-state index contributed by atoms with van der Waals surface area (Å²) >= 11 is 5.97. The van der Waals surface area contributed by atoms with Gasteiger partial charge in [-0.25, -0.2) is 9.78 Å². The van der Waals surface area contributed by atoms with Crippen molar-refractivity contribution in [1.29, 1.82) is 0 Å². The molecule has 4 nitrogen and oxygen atoms in total. The first-order chi connectivity index (χ1) is 7.63. The zero-order valence-electron chi connectivity index (χ0n) is 8.40. The number of aromatic carboxylic acids is 1. The molecule has 2 rings (SSSR count). The van der Waals surface area contributed by atoms with Crippen LogP contribution in [0.1, 0.15) is 10.4 Å². The summed E-state index contributed by atoms with van der Waals surface area (Å²) in [6.45, 7) is 0. The van der Waals surface area contributed by atoms with Crippen LogP contribution in [0.15, 0.2) is 24.3 Å². The highest BCUT2D eigenvalue weighted by molar-refractivity contribution is 6.38. The van der Waals surface area contributed by atoms with E-state index in [1.165, 1.54) is 13.2 Å². The fraction of sp³-hybridized carbons (Fsp3) is 0.0909. The van der Waals surface area contributed by atoms with Crippen molar-refractivity contribution in [3.63, 3.8) is 0 Å². The van der Waals surface area contributed by atoms with Crippen LogP contribution < -0.4 is 4.74 Å². The summed E-state index contributed by atoms with van der Waals surface area (Å²) in [6, 6.07) is 6.36. The Morgan fingerprint density at radius 1 is 1.38 bits per heavy atom. The van der Waals surface area contributed by atoms with Crippen LogP contribution in [0.5, 0.6) is 5.88 Å². The maximum atomic E-state index is 10.9. The fourth-order valence-corrected chi connectivity index (χ4v) is 1.73.